The van der Waals surface area contributed by atoms with Gasteiger partial charge in [-0.05, 0) is 86.3 Å². The van der Waals surface area contributed by atoms with Crippen molar-refractivity contribution < 1.29 is 14.3 Å². The van der Waals surface area contributed by atoms with Crippen molar-refractivity contribution in [2.45, 2.75) is 34.3 Å². The molecule has 0 spiro atoms. The monoisotopic (exact) mass is 389 g/mol. The second-order valence-corrected chi connectivity index (χ2v) is 7.34. The molecule has 0 aliphatic rings. The number of amides is 1. The molecule has 0 saturated heterocycles. The minimum atomic E-state index is -0.158. The average molecular weight is 389 g/mol. The highest BCUT2D eigenvalue weighted by Gasteiger charge is 2.13. The van der Waals surface area contributed by atoms with Crippen molar-refractivity contribution in [1.82, 2.24) is 0 Å². The number of rotatable bonds is 6. The summed E-state index contributed by atoms with van der Waals surface area (Å²) in [6, 6.07) is 17.4. The van der Waals surface area contributed by atoms with Crippen molar-refractivity contribution in [2.24, 2.45) is 0 Å². The van der Waals surface area contributed by atoms with Crippen LogP contribution in [-0.4, -0.2) is 13.0 Å². The van der Waals surface area contributed by atoms with Gasteiger partial charge >= 0.3 is 0 Å². The van der Waals surface area contributed by atoms with Crippen LogP contribution in [0.5, 0.6) is 11.5 Å². The molecule has 0 aliphatic carbocycles. The van der Waals surface area contributed by atoms with Crippen LogP contribution in [0.25, 0.3) is 0 Å². The Morgan fingerprint density at radius 1 is 0.931 bits per heavy atom. The standard InChI is InChI=1S/C25H27NO3/c1-16-11-17(2)13-22(12-16)29-15-21-14-20(9-10-24(21)28-5)25(27)26-23-8-6-7-18(3)19(23)4/h6-14H,15H2,1-5H3,(H,26,27). The van der Waals surface area contributed by atoms with Crippen LogP contribution in [-0.2, 0) is 6.61 Å². The first-order valence-electron chi connectivity index (χ1n) is 9.63. The van der Waals surface area contributed by atoms with E-state index in [1.165, 1.54) is 0 Å². The Hall–Kier alpha value is -3.27. The first-order chi connectivity index (χ1) is 13.9. The molecule has 0 atom stereocenters. The minimum absolute atomic E-state index is 0.158. The summed E-state index contributed by atoms with van der Waals surface area (Å²) < 4.78 is 11.4. The van der Waals surface area contributed by atoms with Gasteiger partial charge in [-0.2, -0.15) is 0 Å². The third-order valence-electron chi connectivity index (χ3n) is 4.98. The third-order valence-corrected chi connectivity index (χ3v) is 4.98. The van der Waals surface area contributed by atoms with Gasteiger partial charge in [-0.3, -0.25) is 4.79 Å². The molecule has 29 heavy (non-hydrogen) atoms. The fourth-order valence-corrected chi connectivity index (χ4v) is 3.29. The molecule has 1 amide bonds. The summed E-state index contributed by atoms with van der Waals surface area (Å²) in [6.07, 6.45) is 0. The van der Waals surface area contributed by atoms with Gasteiger partial charge in [0, 0.05) is 16.8 Å². The zero-order chi connectivity index (χ0) is 21.0. The lowest BCUT2D eigenvalue weighted by atomic mass is 10.1. The number of carbonyl (C=O) groups is 1. The molecule has 0 bridgehead atoms. The smallest absolute Gasteiger partial charge is 0.255 e. The Labute approximate surface area is 172 Å². The van der Waals surface area contributed by atoms with Gasteiger partial charge in [0.05, 0.1) is 7.11 Å². The summed E-state index contributed by atoms with van der Waals surface area (Å²) in [6.45, 7) is 8.43. The molecule has 0 saturated carbocycles. The molecular weight excluding hydrogens is 362 g/mol. The maximum absolute atomic E-state index is 12.8. The Balaban J connectivity index is 1.80. The lowest BCUT2D eigenvalue weighted by molar-refractivity contribution is 0.102. The molecule has 3 aromatic carbocycles. The van der Waals surface area contributed by atoms with Crippen molar-refractivity contribution in [2.75, 3.05) is 12.4 Å². The Morgan fingerprint density at radius 3 is 2.34 bits per heavy atom. The number of hydrogen-bond acceptors (Lipinski definition) is 3. The number of nitrogens with one attached hydrogen (secondary N) is 1. The lowest BCUT2D eigenvalue weighted by Crippen LogP contribution is -2.14. The van der Waals surface area contributed by atoms with Gasteiger partial charge < -0.3 is 14.8 Å². The zero-order valence-electron chi connectivity index (χ0n) is 17.6. The maximum Gasteiger partial charge on any atom is 0.255 e. The van der Waals surface area contributed by atoms with E-state index in [2.05, 4.69) is 11.4 Å². The van der Waals surface area contributed by atoms with Gasteiger partial charge in [0.1, 0.15) is 18.1 Å². The Kier molecular flexibility index (Phi) is 6.23. The van der Waals surface area contributed by atoms with Gasteiger partial charge in [0.2, 0.25) is 0 Å². The number of carbonyl (C=O) groups excluding carboxylic acids is 1. The highest BCUT2D eigenvalue weighted by atomic mass is 16.5. The molecule has 0 heterocycles. The number of aryl methyl sites for hydroxylation is 3. The SMILES string of the molecule is COc1ccc(C(=O)Nc2cccc(C)c2C)cc1COc1cc(C)cc(C)c1. The van der Waals surface area contributed by atoms with E-state index in [1.807, 2.05) is 64.1 Å². The number of methoxy groups -OCH3 is 1. The Morgan fingerprint density at radius 2 is 1.66 bits per heavy atom. The number of anilines is 1. The van der Waals surface area contributed by atoms with E-state index in [4.69, 9.17) is 9.47 Å². The molecule has 0 unspecified atom stereocenters. The largest absolute Gasteiger partial charge is 0.496 e. The van der Waals surface area contributed by atoms with Crippen molar-refractivity contribution >= 4 is 11.6 Å². The quantitative estimate of drug-likeness (QED) is 0.583. The van der Waals surface area contributed by atoms with Crippen LogP contribution in [0.1, 0.15) is 38.2 Å². The number of hydrogen-bond donors (Lipinski definition) is 1. The predicted octanol–water partition coefficient (Wildman–Crippen LogP) is 5.76. The molecule has 0 radical (unpaired) electrons. The third kappa shape index (κ3) is 4.96. The molecule has 0 aliphatic heterocycles. The molecule has 4 nitrogen and oxygen atoms in total. The summed E-state index contributed by atoms with van der Waals surface area (Å²) in [4.78, 5) is 12.8. The van der Waals surface area contributed by atoms with Gasteiger partial charge in [-0.15, -0.1) is 0 Å². The molecule has 3 rings (SSSR count). The molecule has 0 fully saturated rings. The lowest BCUT2D eigenvalue weighted by Gasteiger charge is -2.14. The molecule has 1 N–H and O–H groups in total. The molecule has 3 aromatic rings. The maximum atomic E-state index is 12.8. The van der Waals surface area contributed by atoms with Crippen LogP contribution in [0.3, 0.4) is 0 Å². The van der Waals surface area contributed by atoms with Gasteiger partial charge in [0.25, 0.3) is 5.91 Å². The van der Waals surface area contributed by atoms with Crippen LogP contribution in [0.2, 0.25) is 0 Å². The van der Waals surface area contributed by atoms with E-state index in [9.17, 15) is 4.79 Å². The molecular formula is C25H27NO3. The first kappa shape index (κ1) is 20.5. The van der Waals surface area contributed by atoms with Gasteiger partial charge in [0.15, 0.2) is 0 Å². The van der Waals surface area contributed by atoms with Crippen molar-refractivity contribution in [1.29, 1.82) is 0 Å². The zero-order valence-corrected chi connectivity index (χ0v) is 17.6. The van der Waals surface area contributed by atoms with Crippen LogP contribution >= 0.6 is 0 Å². The molecule has 4 heteroatoms. The fourth-order valence-electron chi connectivity index (χ4n) is 3.29. The number of benzene rings is 3. The van der Waals surface area contributed by atoms with E-state index < -0.39 is 0 Å². The molecule has 150 valence electrons. The van der Waals surface area contributed by atoms with Crippen LogP contribution in [0.4, 0.5) is 5.69 Å². The van der Waals surface area contributed by atoms with Gasteiger partial charge in [-0.1, -0.05) is 18.2 Å². The van der Waals surface area contributed by atoms with E-state index in [0.717, 1.165) is 39.3 Å². The fraction of sp³-hybridized carbons (Fsp3) is 0.240. The second kappa shape index (κ2) is 8.82. The second-order valence-electron chi connectivity index (χ2n) is 7.34. The van der Waals surface area contributed by atoms with E-state index in [0.29, 0.717) is 17.9 Å². The van der Waals surface area contributed by atoms with Crippen LogP contribution < -0.4 is 14.8 Å². The average Bonchev–Trinajstić information content (AvgIpc) is 2.69. The Bertz CT molecular complexity index is 1020. The number of ether oxygens (including phenoxy) is 2. The summed E-state index contributed by atoms with van der Waals surface area (Å²) in [5.41, 5.74) is 6.69. The van der Waals surface area contributed by atoms with Gasteiger partial charge in [-0.25, -0.2) is 0 Å². The first-order valence-corrected chi connectivity index (χ1v) is 9.63. The normalized spacial score (nSPS) is 10.5. The summed E-state index contributed by atoms with van der Waals surface area (Å²) >= 11 is 0. The van der Waals surface area contributed by atoms with Crippen molar-refractivity contribution in [3.05, 3.63) is 88.0 Å². The summed E-state index contributed by atoms with van der Waals surface area (Å²) in [5, 5.41) is 3.00. The van der Waals surface area contributed by atoms with Crippen molar-refractivity contribution in [3.63, 3.8) is 0 Å². The highest BCUT2D eigenvalue weighted by Crippen LogP contribution is 2.25. The van der Waals surface area contributed by atoms with E-state index >= 15 is 0 Å². The minimum Gasteiger partial charge on any atom is -0.496 e. The summed E-state index contributed by atoms with van der Waals surface area (Å²) in [5.74, 6) is 1.33. The predicted molar refractivity (Wildman–Crippen MR) is 117 cm³/mol. The van der Waals surface area contributed by atoms with Crippen LogP contribution in [0.15, 0.2) is 54.6 Å². The summed E-state index contributed by atoms with van der Waals surface area (Å²) in [7, 11) is 1.62. The van der Waals surface area contributed by atoms with Crippen molar-refractivity contribution in [3.8, 4) is 11.5 Å². The highest BCUT2D eigenvalue weighted by molar-refractivity contribution is 6.05. The van der Waals surface area contributed by atoms with E-state index in [-0.39, 0.29) is 5.91 Å². The molecule has 0 aromatic heterocycles. The van der Waals surface area contributed by atoms with E-state index in [1.54, 1.807) is 19.2 Å². The topological polar surface area (TPSA) is 47.6 Å². The van der Waals surface area contributed by atoms with Crippen LogP contribution in [0, 0.1) is 27.7 Å².